The zero-order valence-corrected chi connectivity index (χ0v) is 18.9. The Balaban J connectivity index is 1.71. The Bertz CT molecular complexity index is 1580. The number of aryl methyl sites for hydroxylation is 1. The van der Waals surface area contributed by atoms with E-state index in [1.165, 1.54) is 34.8 Å². The fourth-order valence-corrected chi connectivity index (χ4v) is 4.21. The molecule has 10 heteroatoms. The molecule has 2 aromatic heterocycles. The first-order chi connectivity index (χ1) is 16.3. The van der Waals surface area contributed by atoms with E-state index in [4.69, 9.17) is 0 Å². The predicted molar refractivity (Wildman–Crippen MR) is 125 cm³/mol. The Morgan fingerprint density at radius 1 is 0.941 bits per heavy atom. The maximum Gasteiger partial charge on any atom is 0.332 e. The molecule has 0 fully saturated rings. The van der Waals surface area contributed by atoms with Gasteiger partial charge in [0.1, 0.15) is 11.6 Å². The second-order valence-electron chi connectivity index (χ2n) is 8.34. The van der Waals surface area contributed by atoms with Gasteiger partial charge in [0.25, 0.3) is 5.56 Å². The van der Waals surface area contributed by atoms with Crippen molar-refractivity contribution in [2.45, 2.75) is 33.0 Å². The number of nitrogens with zero attached hydrogens (tertiary/aromatic N) is 6. The lowest BCUT2D eigenvalue weighted by molar-refractivity contribution is 0.579. The Kier molecular flexibility index (Phi) is 5.15. The summed E-state index contributed by atoms with van der Waals surface area (Å²) in [5.74, 6) is -0.553. The first-order valence-electron chi connectivity index (χ1n) is 10.8. The molecule has 2 aromatic carbocycles. The minimum absolute atomic E-state index is 0.0947. The van der Waals surface area contributed by atoms with Crippen molar-refractivity contribution in [3.05, 3.63) is 92.1 Å². The average Bonchev–Trinajstić information content (AvgIpc) is 3.23. The van der Waals surface area contributed by atoms with Gasteiger partial charge < -0.3 is 0 Å². The third-order valence-electron chi connectivity index (χ3n) is 6.22. The van der Waals surface area contributed by atoms with Crippen molar-refractivity contribution < 1.29 is 8.78 Å². The summed E-state index contributed by atoms with van der Waals surface area (Å²) in [6.07, 6.45) is 0. The SMILES string of the molecule is CC1=NN(Cc2ccccc2F)c2nc3c(c(=O)n(Cc4ccccc4F)c(=O)n3C)n2[C@@H]1C. The Hall–Kier alpha value is -4.08. The molecule has 1 atom stereocenters. The maximum atomic E-state index is 14.3. The normalized spacial score (nSPS) is 15.5. The molecule has 174 valence electrons. The summed E-state index contributed by atoms with van der Waals surface area (Å²) in [5, 5.41) is 6.10. The van der Waals surface area contributed by atoms with Gasteiger partial charge in [-0.2, -0.15) is 10.1 Å². The lowest BCUT2D eigenvalue weighted by Gasteiger charge is -2.29. The van der Waals surface area contributed by atoms with Crippen LogP contribution in [0.15, 0.2) is 63.2 Å². The van der Waals surface area contributed by atoms with Crippen LogP contribution < -0.4 is 16.3 Å². The third kappa shape index (κ3) is 3.33. The molecule has 5 rings (SSSR count). The third-order valence-corrected chi connectivity index (χ3v) is 6.22. The highest BCUT2D eigenvalue weighted by Crippen LogP contribution is 2.31. The highest BCUT2D eigenvalue weighted by Gasteiger charge is 2.31. The average molecular weight is 464 g/mol. The minimum Gasteiger partial charge on any atom is -0.294 e. The predicted octanol–water partition coefficient (Wildman–Crippen LogP) is 3.18. The first-order valence-corrected chi connectivity index (χ1v) is 10.8. The number of hydrazone groups is 1. The zero-order valence-electron chi connectivity index (χ0n) is 18.9. The molecule has 8 nitrogen and oxygen atoms in total. The van der Waals surface area contributed by atoms with Crippen molar-refractivity contribution in [3.8, 4) is 0 Å². The summed E-state index contributed by atoms with van der Waals surface area (Å²) in [7, 11) is 1.51. The number of hydrogen-bond acceptors (Lipinski definition) is 5. The number of anilines is 1. The number of halogens is 2. The summed E-state index contributed by atoms with van der Waals surface area (Å²) in [4.78, 5) is 31.2. The number of aromatic nitrogens is 4. The number of hydrogen-bond donors (Lipinski definition) is 0. The van der Waals surface area contributed by atoms with Gasteiger partial charge in [0, 0.05) is 18.2 Å². The Morgan fingerprint density at radius 3 is 2.15 bits per heavy atom. The Morgan fingerprint density at radius 2 is 1.53 bits per heavy atom. The number of rotatable bonds is 4. The molecule has 1 aliphatic heterocycles. The standard InChI is InChI=1S/C24H22F2N6O2/c1-14-15(2)32-20-21(27-23(32)31(28-14)13-17-9-5-7-11-19(17)26)29(3)24(34)30(22(20)33)12-16-8-4-6-10-18(16)25/h4-11,15H,12-13H2,1-3H3/t15-/m1/s1. The van der Waals surface area contributed by atoms with Crippen LogP contribution in [0.3, 0.4) is 0 Å². The van der Waals surface area contributed by atoms with Gasteiger partial charge in [0.2, 0.25) is 5.95 Å². The van der Waals surface area contributed by atoms with Gasteiger partial charge in [-0.05, 0) is 26.0 Å². The molecule has 3 heterocycles. The van der Waals surface area contributed by atoms with E-state index in [0.29, 0.717) is 17.2 Å². The van der Waals surface area contributed by atoms with Gasteiger partial charge in [-0.15, -0.1) is 0 Å². The van der Waals surface area contributed by atoms with Crippen LogP contribution in [0.5, 0.6) is 0 Å². The summed E-state index contributed by atoms with van der Waals surface area (Å²) in [6.45, 7) is 3.57. The van der Waals surface area contributed by atoms with Crippen LogP contribution in [0.2, 0.25) is 0 Å². The quantitative estimate of drug-likeness (QED) is 0.465. The van der Waals surface area contributed by atoms with E-state index in [0.717, 1.165) is 4.57 Å². The molecule has 0 spiro atoms. The van der Waals surface area contributed by atoms with Gasteiger partial charge in [-0.3, -0.25) is 18.5 Å². The zero-order chi connectivity index (χ0) is 24.1. The molecule has 0 saturated carbocycles. The molecule has 0 radical (unpaired) electrons. The molecular formula is C24H22F2N6O2. The summed E-state index contributed by atoms with van der Waals surface area (Å²) in [5.41, 5.74) is 0.537. The summed E-state index contributed by atoms with van der Waals surface area (Å²) < 4.78 is 32.6. The Labute approximate surface area is 193 Å². The van der Waals surface area contributed by atoms with E-state index in [1.54, 1.807) is 34.9 Å². The van der Waals surface area contributed by atoms with Crippen LogP contribution in [-0.4, -0.2) is 24.4 Å². The van der Waals surface area contributed by atoms with Gasteiger partial charge in [0.05, 0.1) is 24.8 Å². The van der Waals surface area contributed by atoms with E-state index in [9.17, 15) is 18.4 Å². The van der Waals surface area contributed by atoms with Gasteiger partial charge in [-0.25, -0.2) is 18.6 Å². The molecule has 0 aliphatic carbocycles. The first kappa shape index (κ1) is 21.7. The largest absolute Gasteiger partial charge is 0.332 e. The van der Waals surface area contributed by atoms with E-state index in [1.807, 2.05) is 13.8 Å². The summed E-state index contributed by atoms with van der Waals surface area (Å²) >= 11 is 0. The van der Waals surface area contributed by atoms with Crippen molar-refractivity contribution in [3.63, 3.8) is 0 Å². The minimum atomic E-state index is -0.609. The molecule has 1 aliphatic rings. The van der Waals surface area contributed by atoms with Crippen molar-refractivity contribution >= 4 is 22.8 Å². The van der Waals surface area contributed by atoms with Gasteiger partial charge in [0.15, 0.2) is 11.2 Å². The van der Waals surface area contributed by atoms with Crippen LogP contribution in [0.1, 0.15) is 31.0 Å². The number of fused-ring (bicyclic) bond motifs is 3. The van der Waals surface area contributed by atoms with Crippen LogP contribution in [0, 0.1) is 11.6 Å². The monoisotopic (exact) mass is 464 g/mol. The molecular weight excluding hydrogens is 442 g/mol. The van der Waals surface area contributed by atoms with Crippen molar-refractivity contribution in [1.82, 2.24) is 18.7 Å². The smallest absolute Gasteiger partial charge is 0.294 e. The van der Waals surface area contributed by atoms with Crippen LogP contribution in [0.4, 0.5) is 14.7 Å². The fraction of sp³-hybridized carbons (Fsp3) is 0.250. The highest BCUT2D eigenvalue weighted by molar-refractivity contribution is 5.91. The maximum absolute atomic E-state index is 14.3. The van der Waals surface area contributed by atoms with Crippen LogP contribution >= 0.6 is 0 Å². The molecule has 0 N–H and O–H groups in total. The lowest BCUT2D eigenvalue weighted by atomic mass is 10.2. The molecule has 0 saturated heterocycles. The number of benzene rings is 2. The second kappa shape index (κ2) is 8.05. The van der Waals surface area contributed by atoms with Crippen molar-refractivity contribution in [2.75, 3.05) is 5.01 Å². The molecule has 34 heavy (non-hydrogen) atoms. The molecule has 0 bridgehead atoms. The van der Waals surface area contributed by atoms with Gasteiger partial charge >= 0.3 is 5.69 Å². The lowest BCUT2D eigenvalue weighted by Crippen LogP contribution is -2.40. The van der Waals surface area contributed by atoms with E-state index in [-0.39, 0.29) is 41.7 Å². The second-order valence-corrected chi connectivity index (χ2v) is 8.34. The van der Waals surface area contributed by atoms with E-state index < -0.39 is 17.1 Å². The van der Waals surface area contributed by atoms with Crippen molar-refractivity contribution in [2.24, 2.45) is 12.1 Å². The fourth-order valence-electron chi connectivity index (χ4n) is 4.21. The molecule has 4 aromatic rings. The van der Waals surface area contributed by atoms with Crippen LogP contribution in [0.25, 0.3) is 11.2 Å². The van der Waals surface area contributed by atoms with E-state index in [2.05, 4.69) is 10.1 Å². The summed E-state index contributed by atoms with van der Waals surface area (Å²) in [6, 6.07) is 12.0. The topological polar surface area (TPSA) is 77.4 Å². The van der Waals surface area contributed by atoms with Gasteiger partial charge in [-0.1, -0.05) is 36.4 Å². The van der Waals surface area contributed by atoms with Crippen molar-refractivity contribution in [1.29, 1.82) is 0 Å². The number of imidazole rings is 1. The van der Waals surface area contributed by atoms with E-state index >= 15 is 0 Å². The molecule has 0 unspecified atom stereocenters. The van der Waals surface area contributed by atoms with Crippen LogP contribution in [-0.2, 0) is 20.1 Å². The molecule has 0 amide bonds. The highest BCUT2D eigenvalue weighted by atomic mass is 19.1.